The molecule has 1 aliphatic rings. The van der Waals surface area contributed by atoms with E-state index in [4.69, 9.17) is 23.5 Å². The second-order valence-corrected chi connectivity index (χ2v) is 15.5. The molecule has 1 N–H and O–H groups in total. The van der Waals surface area contributed by atoms with Crippen LogP contribution in [0.25, 0.3) is 6.08 Å². The molecule has 11 heteroatoms. The fraction of sp³-hybridized carbons (Fsp3) is 0.278. The first kappa shape index (κ1) is 34.6. The van der Waals surface area contributed by atoms with Gasteiger partial charge in [0.25, 0.3) is 0 Å². The highest BCUT2D eigenvalue weighted by Crippen LogP contribution is 2.38. The summed E-state index contributed by atoms with van der Waals surface area (Å²) in [6.07, 6.45) is -0.357. The molecule has 47 heavy (non-hydrogen) atoms. The van der Waals surface area contributed by atoms with E-state index in [0.717, 1.165) is 32.7 Å². The molecule has 3 unspecified atom stereocenters. The summed E-state index contributed by atoms with van der Waals surface area (Å²) in [5.41, 5.74) is 1.01. The quantitative estimate of drug-likeness (QED) is 0.125. The Kier molecular flexibility index (Phi) is 9.87. The molecule has 1 heterocycles. The molecule has 1 aliphatic heterocycles. The van der Waals surface area contributed by atoms with E-state index in [1.54, 1.807) is 18.2 Å². The van der Waals surface area contributed by atoms with E-state index in [-0.39, 0.29) is 11.4 Å². The molecule has 5 rings (SSSR count). The molecule has 0 aliphatic carbocycles. The highest BCUT2D eigenvalue weighted by Gasteiger charge is 2.51. The number of hydrogen-bond acceptors (Lipinski definition) is 6. The number of benzene rings is 4. The van der Waals surface area contributed by atoms with Crippen LogP contribution in [0, 0.1) is 0 Å². The number of alkyl halides is 2. The third-order valence-corrected chi connectivity index (χ3v) is 11.0. The van der Waals surface area contributed by atoms with Gasteiger partial charge in [-0.25, -0.2) is 0 Å². The number of rotatable bonds is 11. The van der Waals surface area contributed by atoms with E-state index in [1.807, 2.05) is 93.6 Å². The summed E-state index contributed by atoms with van der Waals surface area (Å²) >= 11 is 0. The molecular formula is C36H37F2O7S2+. The number of ether oxygens (including phenoxy) is 4. The zero-order chi connectivity index (χ0) is 34.0. The van der Waals surface area contributed by atoms with Gasteiger partial charge < -0.3 is 18.9 Å². The van der Waals surface area contributed by atoms with Crippen LogP contribution in [0.1, 0.15) is 38.8 Å². The Labute approximate surface area is 277 Å². The van der Waals surface area contributed by atoms with Crippen molar-refractivity contribution >= 4 is 27.1 Å². The van der Waals surface area contributed by atoms with Crippen LogP contribution >= 0.6 is 0 Å². The molecule has 248 valence electrons. The smallest absolute Gasteiger partial charge is 0.405 e. The fourth-order valence-electron chi connectivity index (χ4n) is 4.86. The van der Waals surface area contributed by atoms with Gasteiger partial charge in [0, 0.05) is 0 Å². The maximum absolute atomic E-state index is 14.1. The summed E-state index contributed by atoms with van der Waals surface area (Å²) in [6.45, 7) is 11.5. The van der Waals surface area contributed by atoms with E-state index in [2.05, 4.69) is 6.58 Å². The van der Waals surface area contributed by atoms with Gasteiger partial charge in [-0.3, -0.25) is 4.55 Å². The molecule has 0 bridgehead atoms. The van der Waals surface area contributed by atoms with Gasteiger partial charge in [0.1, 0.15) is 22.8 Å². The second-order valence-electron chi connectivity index (χ2n) is 12.0. The van der Waals surface area contributed by atoms with E-state index < -0.39 is 38.0 Å². The standard InChI is InChI=1S/C36H36F2O7S2/c1-6-26-7-11-29(12-8-26)45-30-15-21-33(22-16-30)46(31-17-9-27(10-18-31)35(5)24-42-34(3,4)23-43-35)32-19-13-28(14-20-32)44-25(2)36(37,38)47(39,40)41/h6-22,25H,1,23-24H2,2-5H3/p+1. The zero-order valence-corrected chi connectivity index (χ0v) is 28.1. The Morgan fingerprint density at radius 2 is 1.28 bits per heavy atom. The molecule has 0 saturated carbocycles. The van der Waals surface area contributed by atoms with Gasteiger partial charge in [-0.15, -0.1) is 0 Å². The Morgan fingerprint density at radius 3 is 1.72 bits per heavy atom. The van der Waals surface area contributed by atoms with Crippen molar-refractivity contribution in [2.24, 2.45) is 0 Å². The summed E-state index contributed by atoms with van der Waals surface area (Å²) in [5, 5.41) is -4.48. The average Bonchev–Trinajstić information content (AvgIpc) is 3.04. The molecule has 7 nitrogen and oxygen atoms in total. The highest BCUT2D eigenvalue weighted by atomic mass is 32.2. The van der Waals surface area contributed by atoms with Crippen molar-refractivity contribution in [3.63, 3.8) is 0 Å². The van der Waals surface area contributed by atoms with Crippen LogP contribution in [0.5, 0.6) is 17.2 Å². The monoisotopic (exact) mass is 683 g/mol. The fourth-order valence-corrected chi connectivity index (χ4v) is 7.37. The van der Waals surface area contributed by atoms with Crippen LogP contribution in [-0.4, -0.2) is 43.1 Å². The Balaban J connectivity index is 1.44. The Hall–Kier alpha value is -3.74. The van der Waals surface area contributed by atoms with Crippen LogP contribution < -0.4 is 9.47 Å². The minimum atomic E-state index is -5.65. The minimum absolute atomic E-state index is 0.0278. The predicted octanol–water partition coefficient (Wildman–Crippen LogP) is 8.51. The molecule has 4 aromatic carbocycles. The summed E-state index contributed by atoms with van der Waals surface area (Å²) in [4.78, 5) is 2.82. The van der Waals surface area contributed by atoms with Gasteiger partial charge in [0.15, 0.2) is 20.8 Å². The summed E-state index contributed by atoms with van der Waals surface area (Å²) < 4.78 is 83.0. The third kappa shape index (κ3) is 7.88. The van der Waals surface area contributed by atoms with Crippen LogP contribution in [0.15, 0.2) is 118 Å². The maximum Gasteiger partial charge on any atom is 0.405 e. The molecule has 4 aromatic rings. The number of halogens is 2. The predicted molar refractivity (Wildman–Crippen MR) is 178 cm³/mol. The Morgan fingerprint density at radius 1 is 0.809 bits per heavy atom. The van der Waals surface area contributed by atoms with Gasteiger partial charge in [-0.1, -0.05) is 36.9 Å². The lowest BCUT2D eigenvalue weighted by Crippen LogP contribution is -2.47. The average molecular weight is 684 g/mol. The van der Waals surface area contributed by atoms with Crippen LogP contribution in [-0.2, 0) is 36.1 Å². The number of hydrogen-bond donors (Lipinski definition) is 1. The Bertz CT molecular complexity index is 1780. The van der Waals surface area contributed by atoms with Crippen molar-refractivity contribution in [2.45, 2.75) is 64.9 Å². The first-order valence-electron chi connectivity index (χ1n) is 14.8. The van der Waals surface area contributed by atoms with E-state index in [9.17, 15) is 17.2 Å². The SMILES string of the molecule is C=Cc1ccc(Oc2ccc([S+](c3ccc(OC(C)C(F)(F)S(=O)(=O)O)cc3)c3ccc(C4(C)COC(C)(C)CO4)cc3)cc2)cc1. The molecule has 1 saturated heterocycles. The van der Waals surface area contributed by atoms with Crippen molar-refractivity contribution in [2.75, 3.05) is 13.2 Å². The lowest BCUT2D eigenvalue weighted by Gasteiger charge is -2.41. The van der Waals surface area contributed by atoms with Crippen molar-refractivity contribution in [3.8, 4) is 17.2 Å². The highest BCUT2D eigenvalue weighted by molar-refractivity contribution is 7.97. The maximum atomic E-state index is 14.1. The van der Waals surface area contributed by atoms with E-state index in [1.165, 1.54) is 12.1 Å². The van der Waals surface area contributed by atoms with Gasteiger partial charge in [0.05, 0.1) is 29.7 Å². The van der Waals surface area contributed by atoms with E-state index >= 15 is 0 Å². The van der Waals surface area contributed by atoms with Crippen LogP contribution in [0.3, 0.4) is 0 Å². The van der Waals surface area contributed by atoms with Crippen molar-refractivity contribution < 1.29 is 40.7 Å². The van der Waals surface area contributed by atoms with Crippen LogP contribution in [0.4, 0.5) is 8.78 Å². The van der Waals surface area contributed by atoms with Crippen molar-refractivity contribution in [1.82, 2.24) is 0 Å². The molecule has 0 amide bonds. The minimum Gasteiger partial charge on any atom is -0.483 e. The summed E-state index contributed by atoms with van der Waals surface area (Å²) in [5.74, 6) is 1.37. The second kappa shape index (κ2) is 13.4. The summed E-state index contributed by atoms with van der Waals surface area (Å²) in [7, 11) is -6.30. The first-order chi connectivity index (χ1) is 22.1. The lowest BCUT2D eigenvalue weighted by molar-refractivity contribution is -0.221. The first-order valence-corrected chi connectivity index (χ1v) is 17.5. The molecular weight excluding hydrogens is 647 g/mol. The van der Waals surface area contributed by atoms with Gasteiger partial charge in [0.2, 0.25) is 0 Å². The normalized spacial score (nSPS) is 19.4. The molecule has 1 fully saturated rings. The van der Waals surface area contributed by atoms with Gasteiger partial charge in [-0.2, -0.15) is 17.2 Å². The summed E-state index contributed by atoms with van der Waals surface area (Å²) in [6, 6.07) is 29.9. The lowest BCUT2D eigenvalue weighted by atomic mass is 9.94. The van der Waals surface area contributed by atoms with Gasteiger partial charge in [-0.05, 0) is 112 Å². The zero-order valence-electron chi connectivity index (χ0n) is 26.5. The van der Waals surface area contributed by atoms with Gasteiger partial charge >= 0.3 is 15.4 Å². The van der Waals surface area contributed by atoms with E-state index in [0.29, 0.717) is 24.7 Å². The van der Waals surface area contributed by atoms with Crippen molar-refractivity contribution in [3.05, 3.63) is 115 Å². The topological polar surface area (TPSA) is 91.3 Å². The largest absolute Gasteiger partial charge is 0.483 e. The molecule has 0 aromatic heterocycles. The third-order valence-electron chi connectivity index (χ3n) is 7.78. The van der Waals surface area contributed by atoms with Crippen LogP contribution in [0.2, 0.25) is 0 Å². The molecule has 0 radical (unpaired) electrons. The van der Waals surface area contributed by atoms with Crippen molar-refractivity contribution in [1.29, 1.82) is 0 Å². The molecule has 3 atom stereocenters. The molecule has 0 spiro atoms.